The van der Waals surface area contributed by atoms with Crippen LogP contribution in [0.4, 0.5) is 34.6 Å². The van der Waals surface area contributed by atoms with Gasteiger partial charge in [0.05, 0.1) is 24.0 Å². The fraction of sp³-hybridized carbons (Fsp3) is 0.487. The molecule has 5 atom stereocenters. The molecule has 55 heavy (non-hydrogen) atoms. The summed E-state index contributed by atoms with van der Waals surface area (Å²) < 4.78 is 64.2. The zero-order chi connectivity index (χ0) is 39.0. The number of ether oxygens (including phenoxy) is 1. The number of anilines is 3. The zero-order valence-corrected chi connectivity index (χ0v) is 30.7. The first-order chi connectivity index (χ1) is 26.4. The van der Waals surface area contributed by atoms with Gasteiger partial charge in [0, 0.05) is 48.3 Å². The van der Waals surface area contributed by atoms with Gasteiger partial charge in [0.2, 0.25) is 17.7 Å². The molecule has 2 aromatic carbocycles. The van der Waals surface area contributed by atoms with Crippen LogP contribution in [0.5, 0.6) is 5.75 Å². The van der Waals surface area contributed by atoms with E-state index in [2.05, 4.69) is 38.0 Å². The fourth-order valence-corrected chi connectivity index (χ4v) is 9.11. The number of nitrogens with one attached hydrogen (secondary N) is 4. The largest absolute Gasteiger partial charge is 0.494 e. The van der Waals surface area contributed by atoms with Crippen molar-refractivity contribution in [2.45, 2.75) is 69.6 Å². The summed E-state index contributed by atoms with van der Waals surface area (Å²) in [5.41, 5.74) is 7.00. The maximum absolute atomic E-state index is 15.5. The normalized spacial score (nSPS) is 24.4. The Morgan fingerprint density at radius 3 is 2.56 bits per heavy atom. The molecule has 1 aromatic heterocycles. The number of alkyl halides is 3. The van der Waals surface area contributed by atoms with Crippen LogP contribution < -0.4 is 36.2 Å². The van der Waals surface area contributed by atoms with Crippen molar-refractivity contribution in [3.63, 3.8) is 0 Å². The van der Waals surface area contributed by atoms with Gasteiger partial charge in [-0.25, -0.2) is 4.39 Å². The highest BCUT2D eigenvalue weighted by Gasteiger charge is 2.44. The molecule has 294 valence electrons. The highest BCUT2D eigenvalue weighted by atomic mass is 19.4. The van der Waals surface area contributed by atoms with Gasteiger partial charge in [-0.2, -0.15) is 18.3 Å². The first-order valence-electron chi connectivity index (χ1n) is 18.8. The van der Waals surface area contributed by atoms with E-state index >= 15 is 4.39 Å². The summed E-state index contributed by atoms with van der Waals surface area (Å²) in [6.07, 6.45) is 2.65. The number of primary amides is 1. The molecule has 16 heteroatoms. The molecule has 0 spiro atoms. The van der Waals surface area contributed by atoms with Gasteiger partial charge in [-0.3, -0.25) is 24.8 Å². The number of allylic oxidation sites excluding steroid dienone is 3. The summed E-state index contributed by atoms with van der Waals surface area (Å²) in [6.45, 7) is 5.03. The maximum atomic E-state index is 15.5. The first kappa shape index (κ1) is 38.2. The Kier molecular flexibility index (Phi) is 10.8. The third-order valence-electron chi connectivity index (χ3n) is 11.7. The molecular weight excluding hydrogens is 720 g/mol. The standard InChI is InChI=1S/C39H46F4N8O4/c1-3-23(21-12-15-50(16-13-21)30-9-7-22(17-27(30)40)46-28-8-10-35(52)47-38(28)54)26-20-45-14-11-24(26)36-25-18-32(33(55-2)19-29(25)48-49-36)51-31(37(44)53)5-4-6-34(51)39(41,42)43/h4-7,9,17-19,21,23-24,26,28,31,45-46H,3,8,10-16,20H2,1-2H3,(H2,44,53)(H,48,49)(H,47,52,54). The molecule has 3 fully saturated rings. The number of hydrogen-bond acceptors (Lipinski definition) is 9. The van der Waals surface area contributed by atoms with Crippen LogP contribution in [0, 0.1) is 23.6 Å². The van der Waals surface area contributed by atoms with Gasteiger partial charge in [-0.05, 0) is 86.9 Å². The topological polar surface area (TPSA) is 158 Å². The molecule has 0 radical (unpaired) electrons. The molecule has 0 aliphatic carbocycles. The number of benzene rings is 2. The van der Waals surface area contributed by atoms with Crippen LogP contribution in [0.15, 0.2) is 54.3 Å². The van der Waals surface area contributed by atoms with Crippen LogP contribution in [0.3, 0.4) is 0 Å². The van der Waals surface area contributed by atoms with Gasteiger partial charge in [0.25, 0.3) is 0 Å². The van der Waals surface area contributed by atoms with Crippen LogP contribution >= 0.6 is 0 Å². The summed E-state index contributed by atoms with van der Waals surface area (Å²) in [7, 11) is 1.36. The lowest BCUT2D eigenvalue weighted by Crippen LogP contribution is -2.47. The average molecular weight is 767 g/mol. The molecule has 3 amide bonds. The number of aromatic amines is 1. The van der Waals surface area contributed by atoms with Gasteiger partial charge in [-0.1, -0.05) is 25.5 Å². The minimum atomic E-state index is -4.77. The summed E-state index contributed by atoms with van der Waals surface area (Å²) in [5, 5.41) is 17.4. The molecule has 6 N–H and O–H groups in total. The van der Waals surface area contributed by atoms with Crippen molar-refractivity contribution >= 4 is 45.7 Å². The number of H-pyrrole nitrogens is 1. The molecule has 0 saturated carbocycles. The highest BCUT2D eigenvalue weighted by Crippen LogP contribution is 2.47. The number of amides is 3. The number of methoxy groups -OCH3 is 1. The van der Waals surface area contributed by atoms with E-state index in [0.29, 0.717) is 53.6 Å². The zero-order valence-electron chi connectivity index (χ0n) is 30.7. The molecular formula is C39H46F4N8O4. The number of nitrogens with two attached hydrogens (primary N) is 1. The Hall–Kier alpha value is -5.12. The monoisotopic (exact) mass is 766 g/mol. The van der Waals surface area contributed by atoms with Crippen molar-refractivity contribution in [3.8, 4) is 5.75 Å². The Morgan fingerprint density at radius 1 is 1.11 bits per heavy atom. The van der Waals surface area contributed by atoms with Crippen LogP contribution in [0.25, 0.3) is 10.9 Å². The number of carbonyl (C=O) groups is 3. The minimum absolute atomic E-state index is 0.0168. The van der Waals surface area contributed by atoms with E-state index in [1.807, 2.05) is 0 Å². The quantitative estimate of drug-likeness (QED) is 0.138. The fourth-order valence-electron chi connectivity index (χ4n) is 9.11. The molecule has 4 aliphatic rings. The predicted octanol–water partition coefficient (Wildman–Crippen LogP) is 5.24. The number of imide groups is 1. The van der Waals surface area contributed by atoms with Crippen LogP contribution in [0.1, 0.15) is 57.1 Å². The summed E-state index contributed by atoms with van der Waals surface area (Å²) >= 11 is 0. The smallest absolute Gasteiger partial charge is 0.431 e. The number of rotatable bonds is 10. The van der Waals surface area contributed by atoms with E-state index in [1.165, 1.54) is 25.3 Å². The van der Waals surface area contributed by atoms with Gasteiger partial charge >= 0.3 is 6.18 Å². The predicted molar refractivity (Wildman–Crippen MR) is 200 cm³/mol. The lowest BCUT2D eigenvalue weighted by molar-refractivity contribution is -0.133. The Balaban J connectivity index is 1.10. The summed E-state index contributed by atoms with van der Waals surface area (Å²) in [5.74, 6) is -1.07. The van der Waals surface area contributed by atoms with Gasteiger partial charge in [-0.15, -0.1) is 0 Å². The van der Waals surface area contributed by atoms with Crippen molar-refractivity contribution in [3.05, 3.63) is 65.8 Å². The first-order valence-corrected chi connectivity index (χ1v) is 18.8. The number of aromatic nitrogens is 2. The van der Waals surface area contributed by atoms with Crippen LogP contribution in [0.2, 0.25) is 0 Å². The molecule has 3 saturated heterocycles. The molecule has 12 nitrogen and oxygen atoms in total. The second kappa shape index (κ2) is 15.6. The van der Waals surface area contributed by atoms with Crippen LogP contribution in [-0.2, 0) is 14.4 Å². The molecule has 5 heterocycles. The molecule has 0 bridgehead atoms. The Labute approximate surface area is 315 Å². The minimum Gasteiger partial charge on any atom is -0.494 e. The van der Waals surface area contributed by atoms with E-state index in [4.69, 9.17) is 10.5 Å². The van der Waals surface area contributed by atoms with Crippen LogP contribution in [-0.4, -0.2) is 79.5 Å². The van der Waals surface area contributed by atoms with E-state index in [0.717, 1.165) is 55.4 Å². The second-order valence-corrected chi connectivity index (χ2v) is 14.8. The van der Waals surface area contributed by atoms with Gasteiger partial charge in [0.15, 0.2) is 0 Å². The molecule has 4 aliphatic heterocycles. The Morgan fingerprint density at radius 2 is 1.89 bits per heavy atom. The van der Waals surface area contributed by atoms with Crippen molar-refractivity contribution in [2.75, 3.05) is 48.4 Å². The van der Waals surface area contributed by atoms with Crippen molar-refractivity contribution in [2.24, 2.45) is 23.5 Å². The number of halogens is 4. The van der Waals surface area contributed by atoms with Crippen molar-refractivity contribution in [1.29, 1.82) is 0 Å². The maximum Gasteiger partial charge on any atom is 0.431 e. The third kappa shape index (κ3) is 7.60. The number of carbonyl (C=O) groups excluding carboxylic acids is 3. The summed E-state index contributed by atoms with van der Waals surface area (Å²) in [4.78, 5) is 39.1. The van der Waals surface area contributed by atoms with E-state index in [1.54, 1.807) is 24.3 Å². The third-order valence-corrected chi connectivity index (χ3v) is 11.7. The number of piperidine rings is 3. The number of hydrogen-bond donors (Lipinski definition) is 5. The van der Waals surface area contributed by atoms with Gasteiger partial charge < -0.3 is 30.9 Å². The van der Waals surface area contributed by atoms with E-state index < -0.39 is 35.8 Å². The lowest BCUT2D eigenvalue weighted by atomic mass is 9.67. The van der Waals surface area contributed by atoms with E-state index in [-0.39, 0.29) is 41.4 Å². The van der Waals surface area contributed by atoms with E-state index in [9.17, 15) is 27.6 Å². The number of nitrogens with zero attached hydrogens (tertiary/aromatic N) is 3. The van der Waals surface area contributed by atoms with Gasteiger partial charge in [0.1, 0.15) is 29.3 Å². The molecule has 7 rings (SSSR count). The average Bonchev–Trinajstić information content (AvgIpc) is 3.58. The lowest BCUT2D eigenvalue weighted by Gasteiger charge is -2.44. The van der Waals surface area contributed by atoms with Crippen molar-refractivity contribution < 1.29 is 36.7 Å². The second-order valence-electron chi connectivity index (χ2n) is 14.8. The Bertz CT molecular complexity index is 2010. The van der Waals surface area contributed by atoms with Crippen molar-refractivity contribution in [1.82, 2.24) is 20.8 Å². The SMILES string of the molecule is CCC(C1CCN(c2ccc(NC3CCC(=O)NC3=O)cc2F)CC1)C1CNCCC1c1[nH]nc2cc(OC)c(N3C(C(F)(F)F)=CC=CC3C(N)=O)cc12. The highest BCUT2D eigenvalue weighted by molar-refractivity contribution is 6.01. The number of fused-ring (bicyclic) bond motifs is 1. The summed E-state index contributed by atoms with van der Waals surface area (Å²) in [6, 6.07) is 6.11. The molecule has 5 unspecified atom stereocenters. The molecule has 3 aromatic rings.